The number of carbonyl (C=O) groups is 1. The number of benzene rings is 2. The van der Waals surface area contributed by atoms with E-state index in [-0.39, 0.29) is 21.4 Å². The largest absolute Gasteiger partial charge is 0.352 e. The van der Waals surface area contributed by atoms with E-state index in [0.29, 0.717) is 18.2 Å². The van der Waals surface area contributed by atoms with Gasteiger partial charge in [-0.2, -0.15) is 0 Å². The van der Waals surface area contributed by atoms with Crippen LogP contribution in [0.4, 0.5) is 5.69 Å². The normalized spacial score (nSPS) is 12.4. The summed E-state index contributed by atoms with van der Waals surface area (Å²) in [7, 11) is -3.93. The molecule has 0 saturated heterocycles. The lowest BCUT2D eigenvalue weighted by Crippen LogP contribution is -2.29. The number of sulfonamides is 1. The fraction of sp³-hybridized carbons (Fsp3) is 0.409. The number of nitrogens with one attached hydrogen (secondary N) is 2. The van der Waals surface area contributed by atoms with Gasteiger partial charge in [0.1, 0.15) is 4.90 Å². The second-order valence-corrected chi connectivity index (χ2v) is 9.30. The van der Waals surface area contributed by atoms with Crippen LogP contribution < -0.4 is 10.0 Å². The number of carbonyl (C=O) groups excluding carboxylic acids is 1. The SMILES string of the molecule is CCCC[C@@H](CC)CNC(=O)c1ccc(Cl)c(S(=O)(=O)Nc2cccc(C)c2)c1. The summed E-state index contributed by atoms with van der Waals surface area (Å²) in [5.41, 5.74) is 1.64. The van der Waals surface area contributed by atoms with Gasteiger partial charge in [0.25, 0.3) is 15.9 Å². The highest BCUT2D eigenvalue weighted by atomic mass is 35.5. The van der Waals surface area contributed by atoms with Crippen molar-refractivity contribution < 1.29 is 13.2 Å². The third-order valence-electron chi connectivity index (χ3n) is 4.85. The number of hydrogen-bond donors (Lipinski definition) is 2. The minimum absolute atomic E-state index is 0.0658. The van der Waals surface area contributed by atoms with Crippen LogP contribution in [-0.4, -0.2) is 20.9 Å². The molecule has 5 nitrogen and oxygen atoms in total. The molecule has 0 saturated carbocycles. The minimum atomic E-state index is -3.93. The van der Waals surface area contributed by atoms with Crippen molar-refractivity contribution in [2.45, 2.75) is 51.3 Å². The van der Waals surface area contributed by atoms with Crippen LogP contribution in [-0.2, 0) is 10.0 Å². The molecule has 0 aliphatic carbocycles. The van der Waals surface area contributed by atoms with Gasteiger partial charge in [-0.25, -0.2) is 8.42 Å². The first-order valence-electron chi connectivity index (χ1n) is 9.94. The van der Waals surface area contributed by atoms with E-state index in [1.807, 2.05) is 13.0 Å². The molecule has 1 amide bonds. The van der Waals surface area contributed by atoms with Crippen molar-refractivity contribution >= 4 is 33.2 Å². The fourth-order valence-corrected chi connectivity index (χ4v) is 4.63. The van der Waals surface area contributed by atoms with Crippen molar-refractivity contribution in [2.24, 2.45) is 5.92 Å². The van der Waals surface area contributed by atoms with Gasteiger partial charge in [0.15, 0.2) is 0 Å². The van der Waals surface area contributed by atoms with Crippen molar-refractivity contribution in [1.29, 1.82) is 0 Å². The maximum atomic E-state index is 12.8. The number of anilines is 1. The Bertz CT molecular complexity index is 945. The monoisotopic (exact) mass is 436 g/mol. The molecule has 158 valence electrons. The maximum absolute atomic E-state index is 12.8. The lowest BCUT2D eigenvalue weighted by molar-refractivity contribution is 0.0945. The lowest BCUT2D eigenvalue weighted by Gasteiger charge is -2.16. The van der Waals surface area contributed by atoms with Crippen molar-refractivity contribution in [3.8, 4) is 0 Å². The summed E-state index contributed by atoms with van der Waals surface area (Å²) in [5, 5.41) is 2.98. The van der Waals surface area contributed by atoms with Crippen molar-refractivity contribution in [3.05, 3.63) is 58.6 Å². The predicted octanol–water partition coefficient (Wildman–Crippen LogP) is 5.40. The molecule has 0 heterocycles. The van der Waals surface area contributed by atoms with E-state index in [1.165, 1.54) is 18.2 Å². The van der Waals surface area contributed by atoms with Gasteiger partial charge < -0.3 is 5.32 Å². The van der Waals surface area contributed by atoms with Crippen LogP contribution >= 0.6 is 11.6 Å². The van der Waals surface area contributed by atoms with Crippen LogP contribution in [0.3, 0.4) is 0 Å². The van der Waals surface area contributed by atoms with E-state index in [2.05, 4.69) is 23.9 Å². The lowest BCUT2D eigenvalue weighted by atomic mass is 9.99. The highest BCUT2D eigenvalue weighted by Crippen LogP contribution is 2.25. The first-order valence-corrected chi connectivity index (χ1v) is 11.8. The first-order chi connectivity index (χ1) is 13.8. The molecule has 0 aromatic heterocycles. The molecular weight excluding hydrogens is 408 g/mol. The Morgan fingerprint density at radius 2 is 1.90 bits per heavy atom. The number of aryl methyl sites for hydroxylation is 1. The number of rotatable bonds is 10. The van der Waals surface area contributed by atoms with E-state index >= 15 is 0 Å². The molecule has 0 spiro atoms. The summed E-state index contributed by atoms with van der Waals surface area (Å²) in [6, 6.07) is 11.3. The van der Waals surface area contributed by atoms with Crippen LogP contribution in [0.15, 0.2) is 47.4 Å². The van der Waals surface area contributed by atoms with Crippen LogP contribution in [0.25, 0.3) is 0 Å². The average Bonchev–Trinajstić information content (AvgIpc) is 2.67. The smallest absolute Gasteiger partial charge is 0.263 e. The third kappa shape index (κ3) is 6.75. The van der Waals surface area contributed by atoms with E-state index in [4.69, 9.17) is 11.6 Å². The topological polar surface area (TPSA) is 75.3 Å². The molecular formula is C22H29ClN2O3S. The summed E-state index contributed by atoms with van der Waals surface area (Å²) in [6.07, 6.45) is 4.30. The molecule has 2 aromatic rings. The van der Waals surface area contributed by atoms with Gasteiger partial charge in [-0.05, 0) is 55.2 Å². The molecule has 29 heavy (non-hydrogen) atoms. The fourth-order valence-electron chi connectivity index (χ4n) is 3.05. The van der Waals surface area contributed by atoms with Gasteiger partial charge in [0.05, 0.1) is 5.02 Å². The van der Waals surface area contributed by atoms with Crippen LogP contribution in [0.1, 0.15) is 55.5 Å². The highest BCUT2D eigenvalue weighted by molar-refractivity contribution is 7.92. The van der Waals surface area contributed by atoms with E-state index < -0.39 is 10.0 Å². The predicted molar refractivity (Wildman–Crippen MR) is 119 cm³/mol. The molecule has 2 rings (SSSR count). The van der Waals surface area contributed by atoms with Gasteiger partial charge in [-0.1, -0.05) is 56.8 Å². The van der Waals surface area contributed by atoms with Crippen LogP contribution in [0.5, 0.6) is 0 Å². The van der Waals surface area contributed by atoms with Crippen molar-refractivity contribution in [1.82, 2.24) is 5.32 Å². The summed E-state index contributed by atoms with van der Waals surface area (Å²) in [4.78, 5) is 12.4. The first kappa shape index (κ1) is 23.2. The maximum Gasteiger partial charge on any atom is 0.263 e. The Labute approximate surface area is 178 Å². The van der Waals surface area contributed by atoms with Crippen molar-refractivity contribution in [3.63, 3.8) is 0 Å². The van der Waals surface area contributed by atoms with Gasteiger partial charge >= 0.3 is 0 Å². The number of halogens is 1. The van der Waals surface area contributed by atoms with Crippen LogP contribution in [0.2, 0.25) is 5.02 Å². The van der Waals surface area contributed by atoms with Gasteiger partial charge in [0, 0.05) is 17.8 Å². The van der Waals surface area contributed by atoms with Crippen LogP contribution in [0, 0.1) is 12.8 Å². The Morgan fingerprint density at radius 3 is 2.55 bits per heavy atom. The average molecular weight is 437 g/mol. The number of unbranched alkanes of at least 4 members (excludes halogenated alkanes) is 1. The molecule has 2 aromatic carbocycles. The molecule has 0 bridgehead atoms. The molecule has 1 atom stereocenters. The van der Waals surface area contributed by atoms with E-state index in [0.717, 1.165) is 31.2 Å². The quantitative estimate of drug-likeness (QED) is 0.523. The van der Waals surface area contributed by atoms with Gasteiger partial charge in [-0.15, -0.1) is 0 Å². The second-order valence-electron chi connectivity index (χ2n) is 7.25. The Kier molecular flexibility index (Phi) is 8.53. The molecule has 0 unspecified atom stereocenters. The van der Waals surface area contributed by atoms with E-state index in [9.17, 15) is 13.2 Å². The van der Waals surface area contributed by atoms with Gasteiger partial charge in [-0.3, -0.25) is 9.52 Å². The highest BCUT2D eigenvalue weighted by Gasteiger charge is 2.21. The number of amides is 1. The zero-order valence-corrected chi connectivity index (χ0v) is 18.7. The Hall–Kier alpha value is -2.05. The number of hydrogen-bond acceptors (Lipinski definition) is 3. The Balaban J connectivity index is 2.16. The molecule has 0 aliphatic heterocycles. The minimum Gasteiger partial charge on any atom is -0.352 e. The van der Waals surface area contributed by atoms with E-state index in [1.54, 1.807) is 18.2 Å². The summed E-state index contributed by atoms with van der Waals surface area (Å²) in [5.74, 6) is 0.112. The summed E-state index contributed by atoms with van der Waals surface area (Å²) < 4.78 is 28.1. The molecule has 0 radical (unpaired) electrons. The zero-order chi connectivity index (χ0) is 21.4. The standard InChI is InChI=1S/C22H29ClN2O3S/c1-4-6-9-17(5-2)15-24-22(26)18-11-12-20(23)21(14-18)29(27,28)25-19-10-7-8-16(3)13-19/h7-8,10-14,17,25H,4-6,9,15H2,1-3H3,(H,24,26)/t17-/m1/s1. The summed E-state index contributed by atoms with van der Waals surface area (Å²) in [6.45, 7) is 6.70. The third-order valence-corrected chi connectivity index (χ3v) is 6.71. The van der Waals surface area contributed by atoms with Gasteiger partial charge in [0.2, 0.25) is 0 Å². The van der Waals surface area contributed by atoms with Crippen molar-refractivity contribution in [2.75, 3.05) is 11.3 Å². The zero-order valence-electron chi connectivity index (χ0n) is 17.2. The second kappa shape index (κ2) is 10.6. The Morgan fingerprint density at radius 1 is 1.14 bits per heavy atom. The molecule has 0 aliphatic rings. The summed E-state index contributed by atoms with van der Waals surface area (Å²) >= 11 is 6.14. The molecule has 7 heteroatoms. The molecule has 0 fully saturated rings. The molecule has 2 N–H and O–H groups in total.